The van der Waals surface area contributed by atoms with Crippen molar-refractivity contribution in [3.63, 3.8) is 0 Å². The summed E-state index contributed by atoms with van der Waals surface area (Å²) < 4.78 is 19.3. The Morgan fingerprint density at radius 3 is 2.40 bits per heavy atom. The Morgan fingerprint density at radius 1 is 1.15 bits per heavy atom. The minimum absolute atomic E-state index is 0.0341. The third kappa shape index (κ3) is 2.63. The highest BCUT2D eigenvalue weighted by Crippen LogP contribution is 2.33. The van der Waals surface area contributed by atoms with Crippen LogP contribution < -0.4 is 5.32 Å². The first-order valence-electron chi connectivity index (χ1n) is 7.01. The summed E-state index contributed by atoms with van der Waals surface area (Å²) in [4.78, 5) is 0. The van der Waals surface area contributed by atoms with Crippen molar-refractivity contribution in [2.24, 2.45) is 0 Å². The molecule has 1 unspecified atom stereocenters. The van der Waals surface area contributed by atoms with E-state index in [-0.39, 0.29) is 11.9 Å². The van der Waals surface area contributed by atoms with Crippen molar-refractivity contribution in [2.45, 2.75) is 40.7 Å². The van der Waals surface area contributed by atoms with Gasteiger partial charge in [0.05, 0.1) is 6.04 Å². The van der Waals surface area contributed by atoms with Gasteiger partial charge in [0.2, 0.25) is 0 Å². The van der Waals surface area contributed by atoms with Gasteiger partial charge >= 0.3 is 0 Å². The molecular formula is C17H22FNO. The van der Waals surface area contributed by atoms with E-state index in [4.69, 9.17) is 4.42 Å². The van der Waals surface area contributed by atoms with Gasteiger partial charge in [0, 0.05) is 5.56 Å². The zero-order valence-electron chi connectivity index (χ0n) is 12.8. The van der Waals surface area contributed by atoms with Gasteiger partial charge in [-0.2, -0.15) is 0 Å². The maximum atomic E-state index is 13.6. The predicted molar refractivity (Wildman–Crippen MR) is 79.6 cm³/mol. The van der Waals surface area contributed by atoms with E-state index in [1.165, 1.54) is 6.07 Å². The fourth-order valence-electron chi connectivity index (χ4n) is 2.73. The molecule has 0 amide bonds. The highest BCUT2D eigenvalue weighted by atomic mass is 19.1. The third-order valence-corrected chi connectivity index (χ3v) is 3.87. The lowest BCUT2D eigenvalue weighted by atomic mass is 9.92. The number of halogens is 1. The van der Waals surface area contributed by atoms with Gasteiger partial charge in [0.1, 0.15) is 17.3 Å². The van der Waals surface area contributed by atoms with Crippen LogP contribution in [0.15, 0.2) is 22.6 Å². The summed E-state index contributed by atoms with van der Waals surface area (Å²) in [6.45, 7) is 10.9. The Balaban J connectivity index is 2.59. The molecule has 0 aliphatic heterocycles. The van der Waals surface area contributed by atoms with Crippen LogP contribution in [-0.2, 0) is 0 Å². The molecule has 3 heteroatoms. The molecule has 0 bridgehead atoms. The first-order valence-corrected chi connectivity index (χ1v) is 7.01. The number of aryl methyl sites for hydroxylation is 3. The lowest BCUT2D eigenvalue weighted by molar-refractivity contribution is 0.493. The number of nitrogens with one attached hydrogen (secondary N) is 1. The molecule has 0 spiro atoms. The lowest BCUT2D eigenvalue weighted by Gasteiger charge is -2.21. The van der Waals surface area contributed by atoms with Crippen LogP contribution in [0.4, 0.5) is 4.39 Å². The number of hydrogen-bond acceptors (Lipinski definition) is 2. The molecule has 0 radical (unpaired) electrons. The van der Waals surface area contributed by atoms with E-state index >= 15 is 0 Å². The van der Waals surface area contributed by atoms with Gasteiger partial charge in [-0.25, -0.2) is 4.39 Å². The van der Waals surface area contributed by atoms with Crippen LogP contribution in [0, 0.1) is 33.5 Å². The molecule has 2 rings (SSSR count). The third-order valence-electron chi connectivity index (χ3n) is 3.87. The molecule has 0 aliphatic rings. The van der Waals surface area contributed by atoms with Gasteiger partial charge in [-0.3, -0.25) is 0 Å². The van der Waals surface area contributed by atoms with Crippen LogP contribution in [0.5, 0.6) is 0 Å². The average Bonchev–Trinajstić information content (AvgIpc) is 2.64. The van der Waals surface area contributed by atoms with Gasteiger partial charge in [0.15, 0.2) is 0 Å². The molecule has 0 fully saturated rings. The van der Waals surface area contributed by atoms with E-state index in [0.717, 1.165) is 40.3 Å². The Labute approximate surface area is 120 Å². The van der Waals surface area contributed by atoms with Gasteiger partial charge in [-0.15, -0.1) is 0 Å². The first kappa shape index (κ1) is 14.8. The summed E-state index contributed by atoms with van der Waals surface area (Å²) in [6.07, 6.45) is 0. The van der Waals surface area contributed by atoms with Crippen molar-refractivity contribution in [3.05, 3.63) is 57.8 Å². The molecule has 1 heterocycles. The number of benzene rings is 1. The monoisotopic (exact) mass is 275 g/mol. The second-order valence-corrected chi connectivity index (χ2v) is 5.24. The minimum atomic E-state index is -0.205. The standard InChI is InChI=1S/C17H22FNO/c1-6-19-17(15-9-14(18)8-7-10(15)2)16-11(3)12(4)20-13(16)5/h7-9,17,19H,6H2,1-5H3. The Hall–Kier alpha value is -1.61. The zero-order chi connectivity index (χ0) is 14.9. The molecule has 108 valence electrons. The number of furan rings is 1. The van der Waals surface area contributed by atoms with Gasteiger partial charge < -0.3 is 9.73 Å². The molecule has 0 aliphatic carbocycles. The van der Waals surface area contributed by atoms with Crippen LogP contribution in [0.25, 0.3) is 0 Å². The smallest absolute Gasteiger partial charge is 0.123 e. The summed E-state index contributed by atoms with van der Waals surface area (Å²) in [5, 5.41) is 3.45. The maximum absolute atomic E-state index is 13.6. The molecule has 0 saturated carbocycles. The van der Waals surface area contributed by atoms with E-state index in [1.54, 1.807) is 6.07 Å². The average molecular weight is 275 g/mol. The van der Waals surface area contributed by atoms with Crippen LogP contribution in [0.1, 0.15) is 46.7 Å². The minimum Gasteiger partial charge on any atom is -0.466 e. The van der Waals surface area contributed by atoms with Crippen molar-refractivity contribution < 1.29 is 8.81 Å². The van der Waals surface area contributed by atoms with E-state index in [0.29, 0.717) is 0 Å². The second-order valence-electron chi connectivity index (χ2n) is 5.24. The van der Waals surface area contributed by atoms with E-state index < -0.39 is 0 Å². The summed E-state index contributed by atoms with van der Waals surface area (Å²) in [7, 11) is 0. The molecular weight excluding hydrogens is 253 g/mol. The van der Waals surface area contributed by atoms with E-state index in [1.807, 2.05) is 26.8 Å². The van der Waals surface area contributed by atoms with Crippen molar-refractivity contribution in [1.29, 1.82) is 0 Å². The summed E-state index contributed by atoms with van der Waals surface area (Å²) >= 11 is 0. The number of rotatable bonds is 4. The zero-order valence-corrected chi connectivity index (χ0v) is 12.8. The fraction of sp³-hybridized carbons (Fsp3) is 0.412. The normalized spacial score (nSPS) is 12.7. The maximum Gasteiger partial charge on any atom is 0.123 e. The van der Waals surface area contributed by atoms with Gasteiger partial charge in [-0.1, -0.05) is 13.0 Å². The highest BCUT2D eigenvalue weighted by Gasteiger charge is 2.23. The topological polar surface area (TPSA) is 25.2 Å². The quantitative estimate of drug-likeness (QED) is 0.897. The Kier molecular flexibility index (Phi) is 4.29. The summed E-state index contributed by atoms with van der Waals surface area (Å²) in [5.41, 5.74) is 4.31. The van der Waals surface area contributed by atoms with Crippen LogP contribution in [-0.4, -0.2) is 6.54 Å². The van der Waals surface area contributed by atoms with Crippen molar-refractivity contribution in [1.82, 2.24) is 5.32 Å². The molecule has 0 saturated heterocycles. The largest absolute Gasteiger partial charge is 0.466 e. The van der Waals surface area contributed by atoms with Crippen molar-refractivity contribution in [2.75, 3.05) is 6.54 Å². The molecule has 1 N–H and O–H groups in total. The van der Waals surface area contributed by atoms with Crippen molar-refractivity contribution >= 4 is 0 Å². The van der Waals surface area contributed by atoms with Crippen LogP contribution >= 0.6 is 0 Å². The molecule has 1 aromatic heterocycles. The van der Waals surface area contributed by atoms with E-state index in [2.05, 4.69) is 19.2 Å². The van der Waals surface area contributed by atoms with Crippen LogP contribution in [0.3, 0.4) is 0 Å². The van der Waals surface area contributed by atoms with Gasteiger partial charge in [-0.05, 0) is 63.1 Å². The first-order chi connectivity index (χ1) is 9.45. The molecule has 1 atom stereocenters. The fourth-order valence-corrected chi connectivity index (χ4v) is 2.73. The lowest BCUT2D eigenvalue weighted by Crippen LogP contribution is -2.24. The van der Waals surface area contributed by atoms with Crippen LogP contribution in [0.2, 0.25) is 0 Å². The number of hydrogen-bond donors (Lipinski definition) is 1. The highest BCUT2D eigenvalue weighted by molar-refractivity contribution is 5.43. The van der Waals surface area contributed by atoms with Gasteiger partial charge in [0.25, 0.3) is 0 Å². The SMILES string of the molecule is CCNC(c1cc(F)ccc1C)c1c(C)oc(C)c1C. The molecule has 20 heavy (non-hydrogen) atoms. The summed E-state index contributed by atoms with van der Waals surface area (Å²) in [5.74, 6) is 1.62. The van der Waals surface area contributed by atoms with Crippen molar-refractivity contribution in [3.8, 4) is 0 Å². The Morgan fingerprint density at radius 2 is 1.85 bits per heavy atom. The molecule has 2 aromatic rings. The molecule has 2 nitrogen and oxygen atoms in total. The van der Waals surface area contributed by atoms with E-state index in [9.17, 15) is 4.39 Å². The summed E-state index contributed by atoms with van der Waals surface area (Å²) in [6, 6.07) is 4.91. The second kappa shape index (κ2) is 5.80. The molecule has 1 aromatic carbocycles. The predicted octanol–water partition coefficient (Wildman–Crippen LogP) is 4.35. The Bertz CT molecular complexity index is 616.